The molecule has 4 fully saturated rings. The molecule has 3 saturated heterocycles. The predicted molar refractivity (Wildman–Crippen MR) is 70.7 cm³/mol. The molecular weight excluding hydrogens is 240 g/mol. The lowest BCUT2D eigenvalue weighted by Crippen LogP contribution is -2.56. The first-order chi connectivity index (χ1) is 9.05. The first-order valence-corrected chi connectivity index (χ1v) is 7.18. The zero-order valence-corrected chi connectivity index (χ0v) is 11.7. The zero-order chi connectivity index (χ0) is 13.3. The summed E-state index contributed by atoms with van der Waals surface area (Å²) in [6, 6.07) is 8.73. The minimum absolute atomic E-state index is 0.171. The molecule has 0 aromatic heterocycles. The van der Waals surface area contributed by atoms with Gasteiger partial charge in [0.15, 0.2) is 5.60 Å². The van der Waals surface area contributed by atoms with E-state index in [1.54, 1.807) is 0 Å². The van der Waals surface area contributed by atoms with Crippen LogP contribution in [-0.4, -0.2) is 17.8 Å². The van der Waals surface area contributed by atoms with Crippen molar-refractivity contribution in [2.24, 2.45) is 0 Å². The summed E-state index contributed by atoms with van der Waals surface area (Å²) in [5, 5.41) is 0. The van der Waals surface area contributed by atoms with Crippen molar-refractivity contribution in [1.29, 1.82) is 0 Å². The quantitative estimate of drug-likeness (QED) is 0.604. The van der Waals surface area contributed by atoms with Crippen LogP contribution in [0.15, 0.2) is 24.3 Å². The van der Waals surface area contributed by atoms with Crippen molar-refractivity contribution < 1.29 is 14.5 Å². The van der Waals surface area contributed by atoms with Crippen molar-refractivity contribution in [3.8, 4) is 0 Å². The van der Waals surface area contributed by atoms with Gasteiger partial charge in [0.2, 0.25) is 0 Å². The maximum atomic E-state index is 5.85. The van der Waals surface area contributed by atoms with E-state index in [4.69, 9.17) is 14.5 Å². The van der Waals surface area contributed by atoms with Crippen LogP contribution in [0.3, 0.4) is 0 Å². The molecule has 1 aliphatic carbocycles. The topological polar surface area (TPSA) is 31.0 Å². The third-order valence-corrected chi connectivity index (χ3v) is 4.99. The molecule has 3 nitrogen and oxygen atoms in total. The van der Waals surface area contributed by atoms with E-state index in [1.807, 2.05) is 0 Å². The third-order valence-electron chi connectivity index (χ3n) is 4.99. The summed E-state index contributed by atoms with van der Waals surface area (Å²) >= 11 is 0. The van der Waals surface area contributed by atoms with Crippen molar-refractivity contribution in [3.05, 3.63) is 35.4 Å². The second kappa shape index (κ2) is 3.60. The molecule has 1 saturated carbocycles. The standard InChI is InChI=1S/C16H20O3/c1-10(2)11-4-6-12(7-5-11)16-9-8-15(3,18-19-16)13-14(16)17-13/h4-7,10,13-14H,8-9H2,1-3H3/t13-,14+,15-,16+/m1/s1. The van der Waals surface area contributed by atoms with Crippen molar-refractivity contribution in [2.45, 2.75) is 62.9 Å². The molecule has 4 atom stereocenters. The second-order valence-corrected chi connectivity index (χ2v) is 6.62. The van der Waals surface area contributed by atoms with Crippen LogP contribution in [0.5, 0.6) is 0 Å². The number of fused-ring (bicyclic) bond motifs is 2. The molecule has 1 aromatic rings. The highest BCUT2D eigenvalue weighted by Gasteiger charge is 2.72. The molecule has 1 aromatic carbocycles. The fraction of sp³-hybridized carbons (Fsp3) is 0.625. The van der Waals surface area contributed by atoms with Crippen LogP contribution in [0.1, 0.15) is 50.7 Å². The fourth-order valence-electron chi connectivity index (χ4n) is 3.50. The van der Waals surface area contributed by atoms with Gasteiger partial charge in [0.1, 0.15) is 17.8 Å². The molecular formula is C16H20O3. The van der Waals surface area contributed by atoms with E-state index >= 15 is 0 Å². The number of hydrogen-bond acceptors (Lipinski definition) is 3. The molecule has 5 rings (SSSR count). The Morgan fingerprint density at radius 2 is 1.79 bits per heavy atom. The maximum absolute atomic E-state index is 5.85. The molecule has 3 aliphatic heterocycles. The zero-order valence-electron chi connectivity index (χ0n) is 11.7. The van der Waals surface area contributed by atoms with Gasteiger partial charge in [0.05, 0.1) is 0 Å². The highest BCUT2D eigenvalue weighted by Crippen LogP contribution is 2.60. The van der Waals surface area contributed by atoms with Crippen LogP contribution in [0, 0.1) is 0 Å². The van der Waals surface area contributed by atoms with Crippen LogP contribution in [0.2, 0.25) is 0 Å². The number of hydrogen-bond donors (Lipinski definition) is 0. The van der Waals surface area contributed by atoms with Gasteiger partial charge in [0, 0.05) is 0 Å². The Kier molecular flexibility index (Phi) is 2.25. The summed E-state index contributed by atoms with van der Waals surface area (Å²) in [6.45, 7) is 6.50. The molecule has 0 unspecified atom stereocenters. The summed E-state index contributed by atoms with van der Waals surface area (Å²) in [4.78, 5) is 11.4. The lowest BCUT2D eigenvalue weighted by Gasteiger charge is -2.46. The predicted octanol–water partition coefficient (Wildman–Crippen LogP) is 3.29. The Labute approximate surface area is 113 Å². The van der Waals surface area contributed by atoms with E-state index in [-0.39, 0.29) is 23.4 Å². The first-order valence-electron chi connectivity index (χ1n) is 7.18. The number of epoxide rings is 1. The average Bonchev–Trinajstić information content (AvgIpc) is 3.22. The minimum Gasteiger partial charge on any atom is -0.363 e. The van der Waals surface area contributed by atoms with E-state index in [9.17, 15) is 0 Å². The smallest absolute Gasteiger partial charge is 0.157 e. The Morgan fingerprint density at radius 3 is 2.37 bits per heavy atom. The number of rotatable bonds is 2. The Balaban J connectivity index is 1.69. The molecule has 2 bridgehead atoms. The van der Waals surface area contributed by atoms with Gasteiger partial charge in [-0.1, -0.05) is 38.1 Å². The third kappa shape index (κ3) is 1.49. The van der Waals surface area contributed by atoms with Crippen LogP contribution in [0.25, 0.3) is 0 Å². The molecule has 3 heteroatoms. The van der Waals surface area contributed by atoms with Gasteiger partial charge in [-0.05, 0) is 36.8 Å². The summed E-state index contributed by atoms with van der Waals surface area (Å²) in [7, 11) is 0. The van der Waals surface area contributed by atoms with E-state index < -0.39 is 0 Å². The van der Waals surface area contributed by atoms with Crippen molar-refractivity contribution in [1.82, 2.24) is 0 Å². The fourth-order valence-corrected chi connectivity index (χ4v) is 3.50. The SMILES string of the molecule is CC(C)c1ccc([C@]23CC[C@@](C)(OO2)[C@@H]2O[C@@H]23)cc1. The van der Waals surface area contributed by atoms with Crippen LogP contribution in [0.4, 0.5) is 0 Å². The van der Waals surface area contributed by atoms with Gasteiger partial charge in [0.25, 0.3) is 0 Å². The lowest BCUT2D eigenvalue weighted by molar-refractivity contribution is -0.458. The molecule has 19 heavy (non-hydrogen) atoms. The van der Waals surface area contributed by atoms with Crippen LogP contribution >= 0.6 is 0 Å². The first kappa shape index (κ1) is 11.9. The van der Waals surface area contributed by atoms with Gasteiger partial charge in [-0.2, -0.15) is 0 Å². The lowest BCUT2D eigenvalue weighted by atomic mass is 9.72. The maximum Gasteiger partial charge on any atom is 0.157 e. The van der Waals surface area contributed by atoms with Gasteiger partial charge in [-0.15, -0.1) is 0 Å². The molecule has 0 amide bonds. The van der Waals surface area contributed by atoms with Crippen molar-refractivity contribution in [3.63, 3.8) is 0 Å². The molecule has 3 heterocycles. The molecule has 0 spiro atoms. The second-order valence-electron chi connectivity index (χ2n) is 6.62. The summed E-state index contributed by atoms with van der Waals surface area (Å²) in [6.07, 6.45) is 2.36. The Hall–Kier alpha value is -0.900. The van der Waals surface area contributed by atoms with Crippen LogP contribution < -0.4 is 0 Å². The number of benzene rings is 1. The van der Waals surface area contributed by atoms with Gasteiger partial charge in [-0.3, -0.25) is 0 Å². The van der Waals surface area contributed by atoms with Crippen molar-refractivity contribution >= 4 is 0 Å². The molecule has 0 radical (unpaired) electrons. The monoisotopic (exact) mass is 260 g/mol. The Bertz CT molecular complexity index is 497. The van der Waals surface area contributed by atoms with Crippen molar-refractivity contribution in [2.75, 3.05) is 0 Å². The Morgan fingerprint density at radius 1 is 1.05 bits per heavy atom. The van der Waals surface area contributed by atoms with Crippen LogP contribution in [-0.2, 0) is 20.1 Å². The summed E-state index contributed by atoms with van der Waals surface area (Å²) < 4.78 is 5.85. The van der Waals surface area contributed by atoms with E-state index in [0.29, 0.717) is 5.92 Å². The normalized spacial score (nSPS) is 43.4. The highest BCUT2D eigenvalue weighted by atomic mass is 17.2. The van der Waals surface area contributed by atoms with Gasteiger partial charge >= 0.3 is 0 Å². The van der Waals surface area contributed by atoms with E-state index in [0.717, 1.165) is 12.8 Å². The van der Waals surface area contributed by atoms with E-state index in [2.05, 4.69) is 45.0 Å². The molecule has 4 aliphatic rings. The van der Waals surface area contributed by atoms with Gasteiger partial charge in [-0.25, -0.2) is 9.78 Å². The highest BCUT2D eigenvalue weighted by molar-refractivity contribution is 5.34. The average molecular weight is 260 g/mol. The molecule has 0 N–H and O–H groups in total. The minimum atomic E-state index is -0.377. The summed E-state index contributed by atoms with van der Waals surface area (Å²) in [5.41, 5.74) is 1.93. The molecule has 102 valence electrons. The van der Waals surface area contributed by atoms with E-state index in [1.165, 1.54) is 11.1 Å². The number of ether oxygens (including phenoxy) is 1. The summed E-state index contributed by atoms with van der Waals surface area (Å²) in [5.74, 6) is 0.551. The van der Waals surface area contributed by atoms with Gasteiger partial charge < -0.3 is 4.74 Å². The largest absolute Gasteiger partial charge is 0.363 e.